The van der Waals surface area contributed by atoms with E-state index in [1.165, 1.54) is 0 Å². The van der Waals surface area contributed by atoms with Gasteiger partial charge in [0.15, 0.2) is 0 Å². The largest absolute Gasteiger partial charge is 0.369 e. The van der Waals surface area contributed by atoms with Crippen LogP contribution in [-0.2, 0) is 9.53 Å². The number of nitrogens with two attached hydrogens (primary N) is 1. The third-order valence-corrected chi connectivity index (χ3v) is 1.65. The number of carbonyl (C=O) groups excluding carboxylic acids is 1. The van der Waals surface area contributed by atoms with Crippen molar-refractivity contribution >= 4 is 5.91 Å². The van der Waals surface area contributed by atoms with Crippen LogP contribution in [-0.4, -0.2) is 25.3 Å². The molecule has 1 fully saturated rings. The van der Waals surface area contributed by atoms with Crippen LogP contribution in [0.5, 0.6) is 0 Å². The molecule has 1 aliphatic rings. The molecule has 1 rings (SSSR count). The number of hydrogen-bond donors (Lipinski definition) is 2. The van der Waals surface area contributed by atoms with Gasteiger partial charge in [-0.2, -0.15) is 0 Å². The summed E-state index contributed by atoms with van der Waals surface area (Å²) in [5.41, 5.74) is 5.06. The fourth-order valence-electron chi connectivity index (χ4n) is 0.916. The first-order valence-electron chi connectivity index (χ1n) is 3.36. The van der Waals surface area contributed by atoms with E-state index in [0.717, 1.165) is 6.54 Å². The predicted molar refractivity (Wildman–Crippen MR) is 36.1 cm³/mol. The first kappa shape index (κ1) is 7.50. The molecule has 2 unspecified atom stereocenters. The van der Waals surface area contributed by atoms with Crippen molar-refractivity contribution in [3.05, 3.63) is 0 Å². The summed E-state index contributed by atoms with van der Waals surface area (Å²) in [5.74, 6) is -0.554. The van der Waals surface area contributed by atoms with Gasteiger partial charge in [-0.15, -0.1) is 0 Å². The summed E-state index contributed by atoms with van der Waals surface area (Å²) < 4.78 is 5.16. The zero-order chi connectivity index (χ0) is 7.56. The van der Waals surface area contributed by atoms with Crippen molar-refractivity contribution in [3.8, 4) is 0 Å². The van der Waals surface area contributed by atoms with Crippen molar-refractivity contribution in [2.75, 3.05) is 13.2 Å². The van der Waals surface area contributed by atoms with Crippen LogP contribution in [0.15, 0.2) is 0 Å². The fraction of sp³-hybridized carbons (Fsp3) is 0.833. The summed E-state index contributed by atoms with van der Waals surface area (Å²) in [6.07, 6.45) is -0.169. The molecule has 0 aromatic rings. The van der Waals surface area contributed by atoms with Gasteiger partial charge >= 0.3 is 0 Å². The number of nitrogens with one attached hydrogen (secondary N) is 1. The van der Waals surface area contributed by atoms with E-state index in [1.807, 2.05) is 0 Å². The van der Waals surface area contributed by atoms with Gasteiger partial charge in [-0.1, -0.05) is 0 Å². The number of carbonyl (C=O) groups is 1. The van der Waals surface area contributed by atoms with Crippen LogP contribution in [0.4, 0.5) is 0 Å². The SMILES string of the molecule is CC(C(N)=O)C1NCCO1. The molecular weight excluding hydrogens is 132 g/mol. The van der Waals surface area contributed by atoms with E-state index in [1.54, 1.807) is 6.92 Å². The van der Waals surface area contributed by atoms with Gasteiger partial charge in [0, 0.05) is 6.54 Å². The molecule has 0 saturated carbocycles. The maximum atomic E-state index is 10.6. The van der Waals surface area contributed by atoms with Crippen molar-refractivity contribution in [3.63, 3.8) is 0 Å². The zero-order valence-corrected chi connectivity index (χ0v) is 5.96. The summed E-state index contributed by atoms with van der Waals surface area (Å²) in [7, 11) is 0. The Morgan fingerprint density at radius 3 is 3.00 bits per heavy atom. The summed E-state index contributed by atoms with van der Waals surface area (Å²) in [5, 5.41) is 3.01. The molecular formula is C6H12N2O2. The molecule has 0 radical (unpaired) electrons. The van der Waals surface area contributed by atoms with Crippen molar-refractivity contribution < 1.29 is 9.53 Å². The molecule has 4 heteroatoms. The second-order valence-corrected chi connectivity index (χ2v) is 2.44. The summed E-state index contributed by atoms with van der Waals surface area (Å²) in [4.78, 5) is 10.6. The van der Waals surface area contributed by atoms with Crippen molar-refractivity contribution in [1.82, 2.24) is 5.32 Å². The van der Waals surface area contributed by atoms with Crippen molar-refractivity contribution in [2.45, 2.75) is 13.2 Å². The molecule has 1 heterocycles. The second kappa shape index (κ2) is 2.98. The Labute approximate surface area is 59.7 Å². The lowest BCUT2D eigenvalue weighted by Gasteiger charge is -2.14. The molecule has 4 nitrogen and oxygen atoms in total. The van der Waals surface area contributed by atoms with Crippen LogP contribution < -0.4 is 11.1 Å². The summed E-state index contributed by atoms with van der Waals surface area (Å²) >= 11 is 0. The van der Waals surface area contributed by atoms with Crippen molar-refractivity contribution in [1.29, 1.82) is 0 Å². The van der Waals surface area contributed by atoms with E-state index >= 15 is 0 Å². The van der Waals surface area contributed by atoms with Gasteiger partial charge in [0.2, 0.25) is 5.91 Å². The van der Waals surface area contributed by atoms with Crippen LogP contribution in [0.25, 0.3) is 0 Å². The average molecular weight is 144 g/mol. The lowest BCUT2D eigenvalue weighted by Crippen LogP contribution is -2.38. The first-order chi connectivity index (χ1) is 4.72. The smallest absolute Gasteiger partial charge is 0.224 e. The minimum absolute atomic E-state index is 0.169. The molecule has 10 heavy (non-hydrogen) atoms. The van der Waals surface area contributed by atoms with Gasteiger partial charge in [-0.3, -0.25) is 10.1 Å². The molecule has 0 spiro atoms. The summed E-state index contributed by atoms with van der Waals surface area (Å²) in [6, 6.07) is 0. The Hall–Kier alpha value is -0.610. The van der Waals surface area contributed by atoms with E-state index in [-0.39, 0.29) is 18.1 Å². The van der Waals surface area contributed by atoms with Gasteiger partial charge in [-0.05, 0) is 6.92 Å². The zero-order valence-electron chi connectivity index (χ0n) is 5.96. The molecule has 0 aromatic carbocycles. The van der Waals surface area contributed by atoms with Crippen LogP contribution in [0, 0.1) is 5.92 Å². The van der Waals surface area contributed by atoms with Gasteiger partial charge in [0.1, 0.15) is 6.23 Å². The Kier molecular flexibility index (Phi) is 2.24. The highest BCUT2D eigenvalue weighted by Crippen LogP contribution is 2.06. The molecule has 1 aliphatic heterocycles. The van der Waals surface area contributed by atoms with Crippen LogP contribution >= 0.6 is 0 Å². The van der Waals surface area contributed by atoms with Crippen LogP contribution in [0.2, 0.25) is 0 Å². The van der Waals surface area contributed by atoms with Crippen LogP contribution in [0.1, 0.15) is 6.92 Å². The molecule has 1 amide bonds. The van der Waals surface area contributed by atoms with Gasteiger partial charge in [0.25, 0.3) is 0 Å². The quantitative estimate of drug-likeness (QED) is 0.525. The molecule has 1 saturated heterocycles. The number of primary amides is 1. The standard InChI is InChI=1S/C6H12N2O2/c1-4(5(7)9)6-8-2-3-10-6/h4,6,8H,2-3H2,1H3,(H2,7,9). The highest BCUT2D eigenvalue weighted by molar-refractivity contribution is 5.76. The molecule has 58 valence electrons. The van der Waals surface area contributed by atoms with E-state index < -0.39 is 0 Å². The Balaban J connectivity index is 2.39. The first-order valence-corrected chi connectivity index (χ1v) is 3.36. The third-order valence-electron chi connectivity index (χ3n) is 1.65. The second-order valence-electron chi connectivity index (χ2n) is 2.44. The predicted octanol–water partition coefficient (Wildman–Crippen LogP) is -0.946. The minimum Gasteiger partial charge on any atom is -0.369 e. The van der Waals surface area contributed by atoms with Crippen LogP contribution in [0.3, 0.4) is 0 Å². The van der Waals surface area contributed by atoms with Gasteiger partial charge in [0.05, 0.1) is 12.5 Å². The average Bonchev–Trinajstić information content (AvgIpc) is 2.36. The molecule has 0 aliphatic carbocycles. The Morgan fingerprint density at radius 1 is 1.90 bits per heavy atom. The Morgan fingerprint density at radius 2 is 2.60 bits per heavy atom. The van der Waals surface area contributed by atoms with E-state index in [4.69, 9.17) is 10.5 Å². The Bertz CT molecular complexity index is 132. The van der Waals surface area contributed by atoms with E-state index in [9.17, 15) is 4.79 Å². The van der Waals surface area contributed by atoms with E-state index in [2.05, 4.69) is 5.32 Å². The maximum Gasteiger partial charge on any atom is 0.224 e. The molecule has 0 bridgehead atoms. The monoisotopic (exact) mass is 144 g/mol. The lowest BCUT2D eigenvalue weighted by molar-refractivity contribution is -0.125. The fourth-order valence-corrected chi connectivity index (χ4v) is 0.916. The number of ether oxygens (including phenoxy) is 1. The third kappa shape index (κ3) is 1.46. The summed E-state index contributed by atoms with van der Waals surface area (Å²) in [6.45, 7) is 3.23. The normalized spacial score (nSPS) is 28.3. The minimum atomic E-state index is -0.320. The van der Waals surface area contributed by atoms with Gasteiger partial charge < -0.3 is 10.5 Å². The number of amides is 1. The number of rotatable bonds is 2. The highest BCUT2D eigenvalue weighted by Gasteiger charge is 2.25. The van der Waals surface area contributed by atoms with E-state index in [0.29, 0.717) is 6.61 Å². The highest BCUT2D eigenvalue weighted by atomic mass is 16.5. The number of hydrogen-bond acceptors (Lipinski definition) is 3. The molecule has 2 atom stereocenters. The lowest BCUT2D eigenvalue weighted by atomic mass is 10.1. The molecule has 0 aromatic heterocycles. The van der Waals surface area contributed by atoms with Gasteiger partial charge in [-0.25, -0.2) is 0 Å². The topological polar surface area (TPSA) is 64.4 Å². The maximum absolute atomic E-state index is 10.6. The van der Waals surface area contributed by atoms with Crippen molar-refractivity contribution in [2.24, 2.45) is 11.7 Å². The molecule has 3 N–H and O–H groups in total.